The van der Waals surface area contributed by atoms with E-state index in [2.05, 4.69) is 188 Å². The predicted molar refractivity (Wildman–Crippen MR) is 258 cm³/mol. The molecule has 4 nitrogen and oxygen atoms in total. The Labute approximate surface area is 367 Å². The number of nitrogens with zero attached hydrogens (tertiary/aromatic N) is 3. The van der Waals surface area contributed by atoms with Crippen LogP contribution < -0.4 is 0 Å². The number of benzene rings is 8. The molecule has 0 bridgehead atoms. The van der Waals surface area contributed by atoms with Gasteiger partial charge in [-0.25, -0.2) is 15.0 Å². The van der Waals surface area contributed by atoms with E-state index in [9.17, 15) is 0 Å². The van der Waals surface area contributed by atoms with E-state index in [4.69, 9.17) is 19.7 Å². The molecule has 12 rings (SSSR count). The lowest BCUT2D eigenvalue weighted by atomic mass is 9.71. The SMILES string of the molecule is C1=CC2OC3C(c4ccccc4-c4ccccc4)=CC=C(c4ccc(-c5ccc(-c6nc(-c7ccccc7)nc(-c7ccccc7)n6)c6ccccc56)c5ccccc45)C3C2C=C1. The topological polar surface area (TPSA) is 47.9 Å². The second-order valence-electron chi connectivity index (χ2n) is 16.5. The smallest absolute Gasteiger partial charge is 0.164 e. The number of hydrogen-bond donors (Lipinski definition) is 0. The van der Waals surface area contributed by atoms with E-state index in [0.717, 1.165) is 33.0 Å². The lowest BCUT2D eigenvalue weighted by molar-refractivity contribution is 0.0948. The summed E-state index contributed by atoms with van der Waals surface area (Å²) in [5.74, 6) is 2.29. The summed E-state index contributed by atoms with van der Waals surface area (Å²) in [6.45, 7) is 0. The Morgan fingerprint density at radius 3 is 1.40 bits per heavy atom. The molecule has 1 fully saturated rings. The van der Waals surface area contributed by atoms with Gasteiger partial charge in [-0.1, -0.05) is 218 Å². The minimum Gasteiger partial charge on any atom is -0.365 e. The fourth-order valence-electron chi connectivity index (χ4n) is 10.1. The highest BCUT2D eigenvalue weighted by Crippen LogP contribution is 2.53. The molecule has 4 heteroatoms. The molecule has 0 amide bonds. The molecule has 2 heterocycles. The van der Waals surface area contributed by atoms with E-state index in [-0.39, 0.29) is 24.0 Å². The Balaban J connectivity index is 0.998. The third-order valence-corrected chi connectivity index (χ3v) is 13.0. The molecule has 8 aromatic carbocycles. The molecular weight excluding hydrogens is 767 g/mol. The molecule has 3 aliphatic rings. The van der Waals surface area contributed by atoms with Gasteiger partial charge in [0.1, 0.15) is 0 Å². The van der Waals surface area contributed by atoms with Gasteiger partial charge in [0, 0.05) is 28.5 Å². The lowest BCUT2D eigenvalue weighted by Gasteiger charge is -2.31. The van der Waals surface area contributed by atoms with Crippen LogP contribution in [0.4, 0.5) is 0 Å². The summed E-state index contributed by atoms with van der Waals surface area (Å²) in [7, 11) is 0. The summed E-state index contributed by atoms with van der Waals surface area (Å²) >= 11 is 0. The fourth-order valence-corrected chi connectivity index (χ4v) is 10.1. The van der Waals surface area contributed by atoms with Crippen LogP contribution >= 0.6 is 0 Å². The number of ether oxygens (including phenoxy) is 1. The van der Waals surface area contributed by atoms with Gasteiger partial charge in [0.25, 0.3) is 0 Å². The van der Waals surface area contributed by atoms with Gasteiger partial charge >= 0.3 is 0 Å². The molecule has 9 aromatic rings. The third kappa shape index (κ3) is 6.46. The standard InChI is InChI=1S/C59H41N3O/c1-4-18-38(19-5-1)41-24-10-11-25-42(41)51-36-35-50(55-53-30-16-17-31-54(53)63-56(51)55)49-33-32-47(43-26-12-13-27-44(43)49)48-34-37-52(46-29-15-14-28-45(46)48)59-61-57(39-20-6-2-7-21-39)60-58(62-59)40-22-8-3-9-23-40/h1-37,53-56H. The van der Waals surface area contributed by atoms with E-state index >= 15 is 0 Å². The number of rotatable bonds is 7. The minimum atomic E-state index is -0.104. The maximum Gasteiger partial charge on any atom is 0.164 e. The van der Waals surface area contributed by atoms with Gasteiger partial charge in [0.2, 0.25) is 0 Å². The van der Waals surface area contributed by atoms with Crippen molar-refractivity contribution in [3.63, 3.8) is 0 Å². The summed E-state index contributed by atoms with van der Waals surface area (Å²) in [5, 5.41) is 4.67. The second kappa shape index (κ2) is 15.6. The molecule has 0 radical (unpaired) electrons. The Hall–Kier alpha value is -7.79. The number of aromatic nitrogens is 3. The Bertz CT molecular complexity index is 3270. The summed E-state index contributed by atoms with van der Waals surface area (Å²) in [6, 6.07) is 66.4. The molecule has 1 aliphatic heterocycles. The summed E-state index contributed by atoms with van der Waals surface area (Å²) in [4.78, 5) is 15.2. The largest absolute Gasteiger partial charge is 0.365 e. The van der Waals surface area contributed by atoms with Crippen molar-refractivity contribution in [2.75, 3.05) is 0 Å². The van der Waals surface area contributed by atoms with Crippen molar-refractivity contribution in [1.29, 1.82) is 0 Å². The number of hydrogen-bond acceptors (Lipinski definition) is 4. The highest BCUT2D eigenvalue weighted by atomic mass is 16.5. The molecule has 0 saturated carbocycles. The van der Waals surface area contributed by atoms with Crippen molar-refractivity contribution in [3.05, 3.63) is 236 Å². The van der Waals surface area contributed by atoms with Crippen molar-refractivity contribution in [2.45, 2.75) is 12.2 Å². The second-order valence-corrected chi connectivity index (χ2v) is 16.5. The maximum absolute atomic E-state index is 7.08. The third-order valence-electron chi connectivity index (χ3n) is 13.0. The number of fused-ring (bicyclic) bond motifs is 5. The van der Waals surface area contributed by atoms with E-state index in [1.807, 2.05) is 36.4 Å². The van der Waals surface area contributed by atoms with Gasteiger partial charge in [-0.2, -0.15) is 0 Å². The van der Waals surface area contributed by atoms with Crippen LogP contribution in [0.5, 0.6) is 0 Å². The van der Waals surface area contributed by atoms with E-state index < -0.39 is 0 Å². The first-order valence-corrected chi connectivity index (χ1v) is 21.8. The van der Waals surface area contributed by atoms with Crippen LogP contribution in [0, 0.1) is 11.8 Å². The van der Waals surface area contributed by atoms with Crippen molar-refractivity contribution < 1.29 is 4.74 Å². The van der Waals surface area contributed by atoms with E-state index in [1.165, 1.54) is 49.7 Å². The van der Waals surface area contributed by atoms with Crippen molar-refractivity contribution in [3.8, 4) is 56.4 Å². The molecule has 63 heavy (non-hydrogen) atoms. The Morgan fingerprint density at radius 1 is 0.333 bits per heavy atom. The molecule has 0 spiro atoms. The van der Waals surface area contributed by atoms with Crippen LogP contribution in [0.3, 0.4) is 0 Å². The molecular formula is C59H41N3O. The first-order chi connectivity index (χ1) is 31.3. The van der Waals surface area contributed by atoms with Crippen LogP contribution in [0.25, 0.3) is 89.1 Å². The fraction of sp³-hybridized carbons (Fsp3) is 0.0678. The molecule has 298 valence electrons. The zero-order valence-electron chi connectivity index (χ0n) is 34.4. The van der Waals surface area contributed by atoms with Crippen molar-refractivity contribution in [2.24, 2.45) is 11.8 Å². The van der Waals surface area contributed by atoms with E-state index in [0.29, 0.717) is 17.5 Å². The molecule has 4 atom stereocenters. The normalized spacial score (nSPS) is 18.8. The first-order valence-electron chi connectivity index (χ1n) is 21.8. The summed E-state index contributed by atoms with van der Waals surface area (Å²) in [6.07, 6.45) is 13.5. The highest BCUT2D eigenvalue weighted by Gasteiger charge is 2.48. The molecule has 1 aromatic heterocycles. The van der Waals surface area contributed by atoms with Crippen LogP contribution in [0.15, 0.2) is 225 Å². The van der Waals surface area contributed by atoms with Crippen LogP contribution in [0.2, 0.25) is 0 Å². The first kappa shape index (κ1) is 37.0. The zero-order chi connectivity index (χ0) is 41.7. The minimum absolute atomic E-state index is 0.00567. The average Bonchev–Trinajstić information content (AvgIpc) is 3.76. The quantitative estimate of drug-likeness (QED) is 0.161. The molecule has 1 saturated heterocycles. The molecule has 4 unspecified atom stereocenters. The Morgan fingerprint density at radius 2 is 0.778 bits per heavy atom. The van der Waals surface area contributed by atoms with Gasteiger partial charge in [-0.3, -0.25) is 0 Å². The van der Waals surface area contributed by atoms with Gasteiger partial charge < -0.3 is 4.74 Å². The van der Waals surface area contributed by atoms with Crippen molar-refractivity contribution >= 4 is 32.7 Å². The van der Waals surface area contributed by atoms with Crippen LogP contribution in [-0.4, -0.2) is 27.2 Å². The maximum atomic E-state index is 7.08. The summed E-state index contributed by atoms with van der Waals surface area (Å²) < 4.78 is 7.08. The van der Waals surface area contributed by atoms with Gasteiger partial charge in [-0.15, -0.1) is 0 Å². The zero-order valence-corrected chi connectivity index (χ0v) is 34.4. The monoisotopic (exact) mass is 807 g/mol. The van der Waals surface area contributed by atoms with Gasteiger partial charge in [-0.05, 0) is 72.1 Å². The van der Waals surface area contributed by atoms with Crippen LogP contribution in [0.1, 0.15) is 11.1 Å². The van der Waals surface area contributed by atoms with Crippen molar-refractivity contribution in [1.82, 2.24) is 15.0 Å². The number of allylic oxidation sites excluding steroid dienone is 4. The highest BCUT2D eigenvalue weighted by molar-refractivity contribution is 6.11. The van der Waals surface area contributed by atoms with E-state index in [1.54, 1.807) is 0 Å². The Kier molecular flexibility index (Phi) is 9.16. The van der Waals surface area contributed by atoms with Crippen LogP contribution in [-0.2, 0) is 4.74 Å². The molecule has 0 N–H and O–H groups in total. The van der Waals surface area contributed by atoms with Gasteiger partial charge in [0.15, 0.2) is 17.5 Å². The summed E-state index contributed by atoms with van der Waals surface area (Å²) in [5.41, 5.74) is 12.7. The lowest BCUT2D eigenvalue weighted by Crippen LogP contribution is -2.26. The predicted octanol–water partition coefficient (Wildman–Crippen LogP) is 14.1. The molecule has 2 aliphatic carbocycles. The van der Waals surface area contributed by atoms with Gasteiger partial charge in [0.05, 0.1) is 12.2 Å². The average molecular weight is 808 g/mol.